The third-order valence-electron chi connectivity index (χ3n) is 4.98. The monoisotopic (exact) mass is 383 g/mol. The van der Waals surface area contributed by atoms with Gasteiger partial charge in [-0.05, 0) is 63.7 Å². The van der Waals surface area contributed by atoms with Gasteiger partial charge in [0.1, 0.15) is 5.75 Å². The molecular formula is C23H29NO4. The molecule has 0 saturated heterocycles. The number of benzene rings is 2. The topological polar surface area (TPSA) is 55.8 Å². The second-order valence-corrected chi connectivity index (χ2v) is 6.89. The Balaban J connectivity index is 2.19. The summed E-state index contributed by atoms with van der Waals surface area (Å²) in [5.41, 5.74) is 1.12. The molecule has 0 aliphatic carbocycles. The molecule has 0 aliphatic heterocycles. The largest absolute Gasteiger partial charge is 0.482 e. The summed E-state index contributed by atoms with van der Waals surface area (Å²) in [5.74, 6) is 0.184. The Morgan fingerprint density at radius 3 is 2.14 bits per heavy atom. The lowest BCUT2D eigenvalue weighted by molar-refractivity contribution is -0.145. The van der Waals surface area contributed by atoms with Gasteiger partial charge in [-0.25, -0.2) is 4.79 Å². The van der Waals surface area contributed by atoms with Crippen molar-refractivity contribution in [3.05, 3.63) is 65.7 Å². The first-order valence-electron chi connectivity index (χ1n) is 9.57. The molecule has 2 rings (SSSR count). The van der Waals surface area contributed by atoms with Gasteiger partial charge < -0.3 is 9.47 Å². The van der Waals surface area contributed by atoms with Crippen molar-refractivity contribution in [3.63, 3.8) is 0 Å². The lowest BCUT2D eigenvalue weighted by Crippen LogP contribution is -2.52. The lowest BCUT2D eigenvalue weighted by Gasteiger charge is -2.38. The molecule has 28 heavy (non-hydrogen) atoms. The van der Waals surface area contributed by atoms with Crippen molar-refractivity contribution in [2.75, 3.05) is 27.3 Å². The van der Waals surface area contributed by atoms with Gasteiger partial charge in [0.25, 0.3) is 0 Å². The van der Waals surface area contributed by atoms with E-state index in [2.05, 4.69) is 0 Å². The van der Waals surface area contributed by atoms with Crippen LogP contribution in [0, 0.1) is 0 Å². The van der Waals surface area contributed by atoms with Crippen LogP contribution < -0.4 is 4.74 Å². The molecule has 0 saturated carbocycles. The van der Waals surface area contributed by atoms with Gasteiger partial charge >= 0.3 is 5.97 Å². The molecular weight excluding hydrogens is 354 g/mol. The zero-order valence-corrected chi connectivity index (χ0v) is 17.1. The van der Waals surface area contributed by atoms with E-state index in [1.807, 2.05) is 56.3 Å². The highest BCUT2D eigenvalue weighted by atomic mass is 16.6. The van der Waals surface area contributed by atoms with Crippen molar-refractivity contribution >= 4 is 11.8 Å². The molecule has 0 heterocycles. The Kier molecular flexibility index (Phi) is 7.76. The van der Waals surface area contributed by atoms with Gasteiger partial charge in [0.2, 0.25) is 0 Å². The minimum absolute atomic E-state index is 0.0702. The summed E-state index contributed by atoms with van der Waals surface area (Å²) in [6.45, 7) is 3.96. The van der Waals surface area contributed by atoms with E-state index in [9.17, 15) is 9.59 Å². The first kappa shape index (κ1) is 21.6. The Morgan fingerprint density at radius 1 is 0.964 bits per heavy atom. The third kappa shape index (κ3) is 5.20. The van der Waals surface area contributed by atoms with Crippen molar-refractivity contribution in [2.24, 2.45) is 0 Å². The number of Topliss-reactive ketones (excluding diaryl/α,β-unsaturated/α-hetero) is 1. The van der Waals surface area contributed by atoms with Crippen LogP contribution in [0.3, 0.4) is 0 Å². The summed E-state index contributed by atoms with van der Waals surface area (Å²) >= 11 is 0. The minimum Gasteiger partial charge on any atom is -0.482 e. The minimum atomic E-state index is -0.630. The molecule has 0 fully saturated rings. The van der Waals surface area contributed by atoms with Crippen LogP contribution >= 0.6 is 0 Å². The number of nitrogens with zero attached hydrogens (tertiary/aromatic N) is 1. The predicted molar refractivity (Wildman–Crippen MR) is 110 cm³/mol. The van der Waals surface area contributed by atoms with E-state index in [-0.39, 0.29) is 12.4 Å². The number of carbonyl (C=O) groups excluding carboxylic acids is 2. The molecule has 0 aliphatic rings. The van der Waals surface area contributed by atoms with Gasteiger partial charge in [-0.2, -0.15) is 0 Å². The van der Waals surface area contributed by atoms with Gasteiger partial charge in [-0.1, -0.05) is 37.3 Å². The van der Waals surface area contributed by atoms with Crippen LogP contribution in [0.15, 0.2) is 54.6 Å². The highest BCUT2D eigenvalue weighted by molar-refractivity contribution is 6.03. The van der Waals surface area contributed by atoms with Gasteiger partial charge in [-0.15, -0.1) is 0 Å². The van der Waals surface area contributed by atoms with E-state index in [0.717, 1.165) is 5.56 Å². The molecule has 2 aromatic carbocycles. The molecule has 5 nitrogen and oxygen atoms in total. The second kappa shape index (κ2) is 10.0. The molecule has 150 valence electrons. The molecule has 2 aromatic rings. The van der Waals surface area contributed by atoms with Crippen molar-refractivity contribution in [1.82, 2.24) is 4.90 Å². The predicted octanol–water partition coefficient (Wildman–Crippen LogP) is 3.76. The van der Waals surface area contributed by atoms with Crippen molar-refractivity contribution < 1.29 is 19.1 Å². The normalized spacial score (nSPS) is 13.0. The highest BCUT2D eigenvalue weighted by Crippen LogP contribution is 2.28. The average Bonchev–Trinajstić information content (AvgIpc) is 2.71. The van der Waals surface area contributed by atoms with E-state index in [1.54, 1.807) is 31.2 Å². The number of ketones is 1. The van der Waals surface area contributed by atoms with E-state index in [4.69, 9.17) is 9.47 Å². The maximum atomic E-state index is 13.4. The standard InChI is InChI=1S/C23H29NO4/c1-5-23(24(3)4,16-18-10-8-7-9-11-18)22(26)19-12-14-20(15-13-19)28-17-21(25)27-6-2/h7-15H,5-6,16-17H2,1-4H3. The molecule has 0 aromatic heterocycles. The molecule has 0 amide bonds. The zero-order valence-electron chi connectivity index (χ0n) is 17.1. The number of hydrogen-bond acceptors (Lipinski definition) is 5. The number of esters is 1. The lowest BCUT2D eigenvalue weighted by atomic mass is 9.80. The van der Waals surface area contributed by atoms with Crippen LogP contribution in [0.1, 0.15) is 36.2 Å². The summed E-state index contributed by atoms with van der Waals surface area (Å²) in [4.78, 5) is 26.9. The molecule has 1 unspecified atom stereocenters. The van der Waals surface area contributed by atoms with Gasteiger partial charge in [-0.3, -0.25) is 9.69 Å². The number of ether oxygens (including phenoxy) is 2. The first-order chi connectivity index (χ1) is 13.4. The van der Waals surface area contributed by atoms with Crippen molar-refractivity contribution in [3.8, 4) is 5.75 Å². The molecule has 5 heteroatoms. The van der Waals surface area contributed by atoms with Crippen molar-refractivity contribution in [1.29, 1.82) is 0 Å². The summed E-state index contributed by atoms with van der Waals surface area (Å²) < 4.78 is 10.3. The van der Waals surface area contributed by atoms with E-state index < -0.39 is 11.5 Å². The molecule has 0 radical (unpaired) electrons. The summed E-state index contributed by atoms with van der Waals surface area (Å²) in [6, 6.07) is 17.0. The summed E-state index contributed by atoms with van der Waals surface area (Å²) in [5, 5.41) is 0. The summed E-state index contributed by atoms with van der Waals surface area (Å²) in [7, 11) is 3.89. The fourth-order valence-electron chi connectivity index (χ4n) is 3.29. The summed E-state index contributed by atoms with van der Waals surface area (Å²) in [6.07, 6.45) is 1.33. The van der Waals surface area contributed by atoms with E-state index in [0.29, 0.717) is 30.8 Å². The zero-order chi connectivity index (χ0) is 20.6. The van der Waals surface area contributed by atoms with E-state index in [1.165, 1.54) is 0 Å². The van der Waals surface area contributed by atoms with Gasteiger partial charge in [0, 0.05) is 5.56 Å². The van der Waals surface area contributed by atoms with E-state index >= 15 is 0 Å². The maximum Gasteiger partial charge on any atom is 0.344 e. The van der Waals surface area contributed by atoms with Gasteiger partial charge in [0.05, 0.1) is 12.1 Å². The number of carbonyl (C=O) groups is 2. The Bertz CT molecular complexity index is 771. The van der Waals surface area contributed by atoms with Crippen LogP contribution in [-0.4, -0.2) is 49.5 Å². The van der Waals surface area contributed by atoms with Crippen LogP contribution in [-0.2, 0) is 16.0 Å². The van der Waals surface area contributed by atoms with Crippen LogP contribution in [0.4, 0.5) is 0 Å². The Morgan fingerprint density at radius 2 is 1.61 bits per heavy atom. The first-order valence-corrected chi connectivity index (χ1v) is 9.57. The van der Waals surface area contributed by atoms with Gasteiger partial charge in [0.15, 0.2) is 12.4 Å². The quantitative estimate of drug-likeness (QED) is 0.462. The molecule has 0 N–H and O–H groups in total. The SMILES string of the molecule is CCOC(=O)COc1ccc(C(=O)C(CC)(Cc2ccccc2)N(C)C)cc1. The number of hydrogen-bond donors (Lipinski definition) is 0. The van der Waals surface area contributed by atoms with Crippen LogP contribution in [0.25, 0.3) is 0 Å². The highest BCUT2D eigenvalue weighted by Gasteiger charge is 2.39. The smallest absolute Gasteiger partial charge is 0.344 e. The number of rotatable bonds is 10. The second-order valence-electron chi connectivity index (χ2n) is 6.89. The third-order valence-corrected chi connectivity index (χ3v) is 4.98. The van der Waals surface area contributed by atoms with Crippen molar-refractivity contribution in [2.45, 2.75) is 32.2 Å². The fraction of sp³-hybridized carbons (Fsp3) is 0.391. The van der Waals surface area contributed by atoms with Crippen LogP contribution in [0.5, 0.6) is 5.75 Å². The Hall–Kier alpha value is -2.66. The molecule has 0 bridgehead atoms. The molecule has 0 spiro atoms. The Labute approximate surface area is 167 Å². The number of likely N-dealkylation sites (N-methyl/N-ethyl adjacent to an activating group) is 1. The fourth-order valence-corrected chi connectivity index (χ4v) is 3.29. The maximum absolute atomic E-state index is 13.4. The average molecular weight is 383 g/mol. The molecule has 1 atom stereocenters. The van der Waals surface area contributed by atoms with Crippen LogP contribution in [0.2, 0.25) is 0 Å².